The van der Waals surface area contributed by atoms with E-state index in [2.05, 4.69) is 0 Å². The number of hydrogen-bond donors (Lipinski definition) is 1. The van der Waals surface area contributed by atoms with E-state index < -0.39 is 17.8 Å². The molecule has 0 spiro atoms. The maximum atomic E-state index is 13.0. The second kappa shape index (κ2) is 5.39. The summed E-state index contributed by atoms with van der Waals surface area (Å²) in [6, 6.07) is 5.01. The molecule has 1 heterocycles. The van der Waals surface area contributed by atoms with Gasteiger partial charge in [0.1, 0.15) is 11.9 Å². The van der Waals surface area contributed by atoms with Crippen molar-refractivity contribution in [3.05, 3.63) is 35.6 Å². The number of amides is 1. The van der Waals surface area contributed by atoms with Crippen LogP contribution in [0.4, 0.5) is 4.39 Å². The first kappa shape index (κ1) is 12.9. The van der Waals surface area contributed by atoms with Gasteiger partial charge < -0.3 is 10.0 Å². The minimum atomic E-state index is -0.993. The van der Waals surface area contributed by atoms with Gasteiger partial charge in [0.15, 0.2) is 0 Å². The molecule has 0 radical (unpaired) electrons. The van der Waals surface area contributed by atoms with Crippen LogP contribution in [0, 0.1) is 5.82 Å². The zero-order valence-electron chi connectivity index (χ0n) is 9.51. The lowest BCUT2D eigenvalue weighted by Crippen LogP contribution is -2.42. The van der Waals surface area contributed by atoms with Crippen LogP contribution in [0.15, 0.2) is 24.3 Å². The molecule has 4 nitrogen and oxygen atoms in total. The first-order chi connectivity index (χ1) is 8.58. The molecule has 0 saturated carbocycles. The van der Waals surface area contributed by atoms with Crippen LogP contribution in [-0.2, 0) is 16.0 Å². The summed E-state index contributed by atoms with van der Waals surface area (Å²) in [6.07, 6.45) is 0.0299. The number of nitrogens with zero attached hydrogens (tertiary/aromatic N) is 1. The second-order valence-electron chi connectivity index (χ2n) is 4.02. The third-order valence-electron chi connectivity index (χ3n) is 2.73. The Bertz CT molecular complexity index is 480. The lowest BCUT2D eigenvalue weighted by Gasteiger charge is -2.20. The molecule has 0 bridgehead atoms. The maximum absolute atomic E-state index is 13.0. The number of halogens is 1. The Balaban J connectivity index is 2.06. The van der Waals surface area contributed by atoms with E-state index in [-0.39, 0.29) is 12.3 Å². The Hall–Kier alpha value is -1.56. The highest BCUT2D eigenvalue weighted by Crippen LogP contribution is 2.22. The Morgan fingerprint density at radius 2 is 2.28 bits per heavy atom. The zero-order chi connectivity index (χ0) is 13.1. The standard InChI is InChI=1S/C12H12FNO3S/c13-9-3-1-2-8(4-9)5-11(15)14-7-18-6-10(14)12(16)17/h1-4,10H,5-7H2,(H,16,17)/t10-/m0/s1. The quantitative estimate of drug-likeness (QED) is 0.900. The highest BCUT2D eigenvalue weighted by Gasteiger charge is 2.34. The van der Waals surface area contributed by atoms with Crippen LogP contribution < -0.4 is 0 Å². The van der Waals surface area contributed by atoms with Gasteiger partial charge in [-0.2, -0.15) is 0 Å². The average Bonchev–Trinajstić information content (AvgIpc) is 2.77. The van der Waals surface area contributed by atoms with E-state index in [0.29, 0.717) is 17.2 Å². The minimum Gasteiger partial charge on any atom is -0.480 e. The van der Waals surface area contributed by atoms with Crippen molar-refractivity contribution in [1.29, 1.82) is 0 Å². The summed E-state index contributed by atoms with van der Waals surface area (Å²) in [5.41, 5.74) is 0.557. The van der Waals surface area contributed by atoms with Gasteiger partial charge in [-0.15, -0.1) is 11.8 Å². The van der Waals surface area contributed by atoms with Crippen molar-refractivity contribution < 1.29 is 19.1 Å². The number of carboxylic acid groups (broad SMARTS) is 1. The fourth-order valence-corrected chi connectivity index (χ4v) is 2.99. The zero-order valence-corrected chi connectivity index (χ0v) is 10.3. The van der Waals surface area contributed by atoms with Gasteiger partial charge in [-0.05, 0) is 17.7 Å². The number of carbonyl (C=O) groups excluding carboxylic acids is 1. The summed E-state index contributed by atoms with van der Waals surface area (Å²) in [6.45, 7) is 0. The largest absolute Gasteiger partial charge is 0.480 e. The fourth-order valence-electron chi connectivity index (χ4n) is 1.82. The maximum Gasteiger partial charge on any atom is 0.327 e. The van der Waals surface area contributed by atoms with Gasteiger partial charge in [-0.1, -0.05) is 12.1 Å². The summed E-state index contributed by atoms with van der Waals surface area (Å²) in [5, 5.41) is 8.98. The summed E-state index contributed by atoms with van der Waals surface area (Å²) in [7, 11) is 0. The third-order valence-corrected chi connectivity index (χ3v) is 3.74. The van der Waals surface area contributed by atoms with Crippen molar-refractivity contribution in [2.24, 2.45) is 0 Å². The summed E-state index contributed by atoms with van der Waals surface area (Å²) in [4.78, 5) is 24.3. The van der Waals surface area contributed by atoms with Gasteiger partial charge >= 0.3 is 5.97 Å². The molecule has 1 aliphatic heterocycles. The average molecular weight is 269 g/mol. The molecule has 0 aromatic heterocycles. The number of thioether (sulfide) groups is 1. The molecule has 1 aromatic rings. The van der Waals surface area contributed by atoms with Crippen LogP contribution in [0.3, 0.4) is 0 Å². The summed E-state index contributed by atoms with van der Waals surface area (Å²) >= 11 is 1.41. The Morgan fingerprint density at radius 3 is 2.94 bits per heavy atom. The molecule has 1 N–H and O–H groups in total. The lowest BCUT2D eigenvalue weighted by molar-refractivity contribution is -0.147. The normalized spacial score (nSPS) is 18.9. The van der Waals surface area contributed by atoms with Crippen LogP contribution >= 0.6 is 11.8 Å². The molecule has 96 valence electrons. The Kier molecular flexibility index (Phi) is 3.86. The topological polar surface area (TPSA) is 57.6 Å². The lowest BCUT2D eigenvalue weighted by atomic mass is 10.1. The highest BCUT2D eigenvalue weighted by atomic mass is 32.2. The number of benzene rings is 1. The molecule has 0 unspecified atom stereocenters. The first-order valence-corrected chi connectivity index (χ1v) is 6.58. The van der Waals surface area contributed by atoms with E-state index in [4.69, 9.17) is 5.11 Å². The summed E-state index contributed by atoms with van der Waals surface area (Å²) < 4.78 is 13.0. The van der Waals surface area contributed by atoms with Crippen LogP contribution in [0.1, 0.15) is 5.56 Å². The van der Waals surface area contributed by atoms with Crippen LogP contribution in [0.2, 0.25) is 0 Å². The van der Waals surface area contributed by atoms with Crippen molar-refractivity contribution in [3.63, 3.8) is 0 Å². The molecule has 2 rings (SSSR count). The molecule has 1 fully saturated rings. The van der Waals surface area contributed by atoms with Gasteiger partial charge in [-0.3, -0.25) is 4.79 Å². The molecular formula is C12H12FNO3S. The fraction of sp³-hybridized carbons (Fsp3) is 0.333. The minimum absolute atomic E-state index is 0.0299. The van der Waals surface area contributed by atoms with Crippen LogP contribution in [0.5, 0.6) is 0 Å². The first-order valence-electron chi connectivity index (χ1n) is 5.42. The van der Waals surface area contributed by atoms with Crippen molar-refractivity contribution in [3.8, 4) is 0 Å². The van der Waals surface area contributed by atoms with Crippen LogP contribution in [-0.4, -0.2) is 39.6 Å². The Labute approximate surface area is 108 Å². The number of rotatable bonds is 3. The van der Waals surface area contributed by atoms with E-state index in [9.17, 15) is 14.0 Å². The SMILES string of the molecule is O=C(O)[C@@H]1CSCN1C(=O)Cc1cccc(F)c1. The van der Waals surface area contributed by atoms with Crippen molar-refractivity contribution >= 4 is 23.6 Å². The Morgan fingerprint density at radius 1 is 1.50 bits per heavy atom. The third kappa shape index (κ3) is 2.81. The molecule has 1 amide bonds. The smallest absolute Gasteiger partial charge is 0.327 e. The molecule has 18 heavy (non-hydrogen) atoms. The van der Waals surface area contributed by atoms with Crippen LogP contribution in [0.25, 0.3) is 0 Å². The highest BCUT2D eigenvalue weighted by molar-refractivity contribution is 7.99. The molecule has 1 atom stereocenters. The predicted octanol–water partition coefficient (Wildman–Crippen LogP) is 1.35. The molecule has 1 saturated heterocycles. The number of carboxylic acids is 1. The van der Waals surface area contributed by atoms with Gasteiger partial charge in [0.05, 0.1) is 12.3 Å². The molecule has 1 aliphatic rings. The van der Waals surface area contributed by atoms with Crippen molar-refractivity contribution in [1.82, 2.24) is 4.90 Å². The van der Waals surface area contributed by atoms with Gasteiger partial charge in [-0.25, -0.2) is 9.18 Å². The van der Waals surface area contributed by atoms with Gasteiger partial charge in [0.25, 0.3) is 0 Å². The molecule has 1 aromatic carbocycles. The predicted molar refractivity (Wildman–Crippen MR) is 65.7 cm³/mol. The van der Waals surface area contributed by atoms with E-state index >= 15 is 0 Å². The van der Waals surface area contributed by atoms with E-state index in [0.717, 1.165) is 0 Å². The second-order valence-corrected chi connectivity index (χ2v) is 5.02. The van der Waals surface area contributed by atoms with Gasteiger partial charge in [0, 0.05) is 5.75 Å². The molecular weight excluding hydrogens is 257 g/mol. The number of hydrogen-bond acceptors (Lipinski definition) is 3. The molecule has 0 aliphatic carbocycles. The van der Waals surface area contributed by atoms with E-state index in [1.54, 1.807) is 6.07 Å². The monoisotopic (exact) mass is 269 g/mol. The molecule has 6 heteroatoms. The summed E-state index contributed by atoms with van der Waals surface area (Å²) in [5.74, 6) is -0.883. The number of aliphatic carboxylic acids is 1. The van der Waals surface area contributed by atoms with Crippen molar-refractivity contribution in [2.45, 2.75) is 12.5 Å². The van der Waals surface area contributed by atoms with E-state index in [1.807, 2.05) is 0 Å². The van der Waals surface area contributed by atoms with Crippen molar-refractivity contribution in [2.75, 3.05) is 11.6 Å². The van der Waals surface area contributed by atoms with E-state index in [1.165, 1.54) is 34.9 Å². The van der Waals surface area contributed by atoms with Gasteiger partial charge in [0.2, 0.25) is 5.91 Å². The number of carbonyl (C=O) groups is 2.